The second-order valence-corrected chi connectivity index (χ2v) is 3.38. The van der Waals surface area contributed by atoms with Crippen LogP contribution in [-0.2, 0) is 9.53 Å². The van der Waals surface area contributed by atoms with Crippen LogP contribution in [0, 0.1) is 0 Å². The summed E-state index contributed by atoms with van der Waals surface area (Å²) >= 11 is 0. The first kappa shape index (κ1) is 10.4. The summed E-state index contributed by atoms with van der Waals surface area (Å²) in [5.41, 5.74) is 0. The minimum Gasteiger partial charge on any atom is -0.456 e. The van der Waals surface area contributed by atoms with Crippen molar-refractivity contribution >= 4 is 5.97 Å². The summed E-state index contributed by atoms with van der Waals surface area (Å²) < 4.78 is 30.5. The first-order valence-corrected chi connectivity index (χ1v) is 4.63. The largest absolute Gasteiger partial charge is 0.456 e. The summed E-state index contributed by atoms with van der Waals surface area (Å²) in [6.07, 6.45) is 0.270. The van der Waals surface area contributed by atoms with Crippen LogP contribution in [0.5, 0.6) is 0 Å². The predicted octanol–water partition coefficient (Wildman–Crippen LogP) is 2.52. The molecule has 1 saturated carbocycles. The zero-order valence-electron chi connectivity index (χ0n) is 7.69. The third-order valence-corrected chi connectivity index (χ3v) is 2.18. The molecule has 4 heteroatoms. The van der Waals surface area contributed by atoms with Crippen molar-refractivity contribution in [2.45, 2.75) is 51.1 Å². The van der Waals surface area contributed by atoms with Gasteiger partial charge in [0, 0.05) is 12.8 Å². The molecule has 1 rings (SSSR count). The Morgan fingerprint density at radius 2 is 2.31 bits per heavy atom. The minimum atomic E-state index is -2.80. The number of rotatable bonds is 3. The SMILES string of the molecule is CCCC(=O)OC1CCCC1(F)F. The van der Waals surface area contributed by atoms with E-state index >= 15 is 0 Å². The minimum absolute atomic E-state index is 0.156. The fourth-order valence-corrected chi connectivity index (χ4v) is 1.46. The molecular formula is C9H14F2O2. The van der Waals surface area contributed by atoms with Crippen molar-refractivity contribution < 1.29 is 18.3 Å². The van der Waals surface area contributed by atoms with Gasteiger partial charge < -0.3 is 4.74 Å². The molecule has 1 unspecified atom stereocenters. The monoisotopic (exact) mass is 192 g/mol. The van der Waals surface area contributed by atoms with Crippen LogP contribution in [0.4, 0.5) is 8.78 Å². The van der Waals surface area contributed by atoms with Crippen molar-refractivity contribution in [3.8, 4) is 0 Å². The smallest absolute Gasteiger partial charge is 0.306 e. The zero-order valence-corrected chi connectivity index (χ0v) is 7.69. The van der Waals surface area contributed by atoms with Crippen LogP contribution in [-0.4, -0.2) is 18.0 Å². The highest BCUT2D eigenvalue weighted by Gasteiger charge is 2.46. The van der Waals surface area contributed by atoms with Crippen LogP contribution in [0.2, 0.25) is 0 Å². The van der Waals surface area contributed by atoms with E-state index in [1.54, 1.807) is 0 Å². The van der Waals surface area contributed by atoms with Gasteiger partial charge in [0.05, 0.1) is 0 Å². The van der Waals surface area contributed by atoms with E-state index in [4.69, 9.17) is 0 Å². The van der Waals surface area contributed by atoms with Gasteiger partial charge in [0.1, 0.15) is 0 Å². The summed E-state index contributed by atoms with van der Waals surface area (Å²) in [5, 5.41) is 0. The molecule has 0 amide bonds. The number of ether oxygens (including phenoxy) is 1. The van der Waals surface area contributed by atoms with Crippen LogP contribution in [0.15, 0.2) is 0 Å². The van der Waals surface area contributed by atoms with Gasteiger partial charge in [-0.15, -0.1) is 0 Å². The average molecular weight is 192 g/mol. The third-order valence-electron chi connectivity index (χ3n) is 2.18. The third kappa shape index (κ3) is 2.64. The van der Waals surface area contributed by atoms with Gasteiger partial charge in [0.25, 0.3) is 5.92 Å². The number of carbonyl (C=O) groups is 1. The lowest BCUT2D eigenvalue weighted by Gasteiger charge is -2.18. The van der Waals surface area contributed by atoms with Crippen LogP contribution < -0.4 is 0 Å². The predicted molar refractivity (Wildman–Crippen MR) is 43.6 cm³/mol. The molecule has 0 aromatic carbocycles. The van der Waals surface area contributed by atoms with Crippen LogP contribution in [0.1, 0.15) is 39.0 Å². The molecule has 0 bridgehead atoms. The van der Waals surface area contributed by atoms with Crippen molar-refractivity contribution in [3.63, 3.8) is 0 Å². The number of halogens is 2. The lowest BCUT2D eigenvalue weighted by molar-refractivity contribution is -0.167. The lowest BCUT2D eigenvalue weighted by Crippen LogP contribution is -2.31. The molecular weight excluding hydrogens is 178 g/mol. The molecule has 0 spiro atoms. The van der Waals surface area contributed by atoms with Crippen LogP contribution in [0.3, 0.4) is 0 Å². The molecule has 0 saturated heterocycles. The fourth-order valence-electron chi connectivity index (χ4n) is 1.46. The molecule has 1 atom stereocenters. The molecule has 76 valence electrons. The van der Waals surface area contributed by atoms with E-state index in [0.29, 0.717) is 19.3 Å². The molecule has 13 heavy (non-hydrogen) atoms. The van der Waals surface area contributed by atoms with Crippen molar-refractivity contribution in [1.29, 1.82) is 0 Å². The van der Waals surface area contributed by atoms with Gasteiger partial charge in [-0.05, 0) is 19.3 Å². The van der Waals surface area contributed by atoms with Gasteiger partial charge in [-0.25, -0.2) is 8.78 Å². The number of esters is 1. The molecule has 2 nitrogen and oxygen atoms in total. The van der Waals surface area contributed by atoms with Gasteiger partial charge in [-0.2, -0.15) is 0 Å². The van der Waals surface area contributed by atoms with Gasteiger partial charge in [0.15, 0.2) is 6.10 Å². The molecule has 1 aliphatic rings. The van der Waals surface area contributed by atoms with E-state index < -0.39 is 18.0 Å². The Bertz CT molecular complexity index is 192. The Labute approximate surface area is 76.3 Å². The Kier molecular flexibility index (Phi) is 3.22. The second kappa shape index (κ2) is 4.03. The Morgan fingerprint density at radius 1 is 1.62 bits per heavy atom. The number of hydrogen-bond donors (Lipinski definition) is 0. The first-order chi connectivity index (χ1) is 6.06. The highest BCUT2D eigenvalue weighted by molar-refractivity contribution is 5.69. The summed E-state index contributed by atoms with van der Waals surface area (Å²) in [7, 11) is 0. The van der Waals surface area contributed by atoms with E-state index in [0.717, 1.165) is 0 Å². The molecule has 0 radical (unpaired) electrons. The summed E-state index contributed by atoms with van der Waals surface area (Å²) in [6.45, 7) is 1.81. The fraction of sp³-hybridized carbons (Fsp3) is 0.889. The molecule has 0 aromatic heterocycles. The van der Waals surface area contributed by atoms with Crippen LogP contribution in [0.25, 0.3) is 0 Å². The number of carbonyl (C=O) groups excluding carboxylic acids is 1. The quantitative estimate of drug-likeness (QED) is 0.642. The molecule has 0 N–H and O–H groups in total. The highest BCUT2D eigenvalue weighted by atomic mass is 19.3. The standard InChI is InChI=1S/C9H14F2O2/c1-2-4-8(12)13-7-5-3-6-9(7,10)11/h7H,2-6H2,1H3. The van der Waals surface area contributed by atoms with Crippen molar-refractivity contribution in [2.24, 2.45) is 0 Å². The van der Waals surface area contributed by atoms with Crippen molar-refractivity contribution in [1.82, 2.24) is 0 Å². The van der Waals surface area contributed by atoms with E-state index in [9.17, 15) is 13.6 Å². The van der Waals surface area contributed by atoms with Gasteiger partial charge >= 0.3 is 5.97 Å². The molecule has 0 heterocycles. The molecule has 1 fully saturated rings. The molecule has 0 aliphatic heterocycles. The van der Waals surface area contributed by atoms with E-state index in [-0.39, 0.29) is 12.8 Å². The Hall–Kier alpha value is -0.670. The summed E-state index contributed by atoms with van der Waals surface area (Å²) in [5.74, 6) is -3.31. The first-order valence-electron chi connectivity index (χ1n) is 4.63. The van der Waals surface area contributed by atoms with Crippen LogP contribution >= 0.6 is 0 Å². The highest BCUT2D eigenvalue weighted by Crippen LogP contribution is 2.37. The van der Waals surface area contributed by atoms with Gasteiger partial charge in [0.2, 0.25) is 0 Å². The normalized spacial score (nSPS) is 25.9. The Morgan fingerprint density at radius 3 is 2.77 bits per heavy atom. The molecule has 1 aliphatic carbocycles. The molecule has 0 aromatic rings. The summed E-state index contributed by atoms with van der Waals surface area (Å²) in [6, 6.07) is 0. The van der Waals surface area contributed by atoms with Crippen molar-refractivity contribution in [2.75, 3.05) is 0 Å². The maximum Gasteiger partial charge on any atom is 0.306 e. The maximum absolute atomic E-state index is 12.9. The maximum atomic E-state index is 12.9. The number of alkyl halides is 2. The van der Waals surface area contributed by atoms with E-state index in [1.165, 1.54) is 0 Å². The lowest BCUT2D eigenvalue weighted by atomic mass is 10.2. The summed E-state index contributed by atoms with van der Waals surface area (Å²) in [4.78, 5) is 10.9. The van der Waals surface area contributed by atoms with E-state index in [2.05, 4.69) is 4.74 Å². The van der Waals surface area contributed by atoms with Gasteiger partial charge in [-0.3, -0.25) is 4.79 Å². The Balaban J connectivity index is 2.40. The van der Waals surface area contributed by atoms with E-state index in [1.807, 2.05) is 6.92 Å². The van der Waals surface area contributed by atoms with Crippen molar-refractivity contribution in [3.05, 3.63) is 0 Å². The zero-order chi connectivity index (χ0) is 9.90. The van der Waals surface area contributed by atoms with Gasteiger partial charge in [-0.1, -0.05) is 6.92 Å². The number of hydrogen-bond acceptors (Lipinski definition) is 2. The second-order valence-electron chi connectivity index (χ2n) is 3.38. The topological polar surface area (TPSA) is 26.3 Å². The average Bonchev–Trinajstić information content (AvgIpc) is 2.31.